The van der Waals surface area contributed by atoms with Crippen LogP contribution < -0.4 is 0 Å². The van der Waals surface area contributed by atoms with Crippen molar-refractivity contribution in [1.82, 2.24) is 4.90 Å². The molecule has 1 aliphatic carbocycles. The molecule has 1 saturated carbocycles. The number of likely N-dealkylation sites (tertiary alicyclic amines) is 1. The second-order valence-corrected chi connectivity index (χ2v) is 4.02. The first-order valence-corrected chi connectivity index (χ1v) is 3.93. The van der Waals surface area contributed by atoms with E-state index in [4.69, 9.17) is 0 Å². The second-order valence-electron chi connectivity index (χ2n) is 4.02. The average Bonchev–Trinajstić information content (AvgIpc) is 1.74. The molecule has 10 heavy (non-hydrogen) atoms. The van der Waals surface area contributed by atoms with E-state index >= 15 is 0 Å². The van der Waals surface area contributed by atoms with Gasteiger partial charge in [-0.25, -0.2) is 0 Å². The van der Waals surface area contributed by atoms with Crippen molar-refractivity contribution in [1.29, 1.82) is 0 Å². The fourth-order valence-corrected chi connectivity index (χ4v) is 2.57. The Kier molecular flexibility index (Phi) is 1.08. The van der Waals surface area contributed by atoms with Crippen LogP contribution in [-0.4, -0.2) is 24.4 Å². The highest BCUT2D eigenvalue weighted by Gasteiger charge is 2.50. The van der Waals surface area contributed by atoms with Gasteiger partial charge in [-0.1, -0.05) is 6.92 Å². The summed E-state index contributed by atoms with van der Waals surface area (Å²) >= 11 is 0. The maximum absolute atomic E-state index is 10.2. The molecule has 0 unspecified atom stereocenters. The minimum Gasteiger partial charge on any atom is -0.344 e. The van der Waals surface area contributed by atoms with Gasteiger partial charge < -0.3 is 4.90 Å². The number of hydrogen-bond donors (Lipinski definition) is 0. The lowest BCUT2D eigenvalue weighted by Gasteiger charge is -2.57. The van der Waals surface area contributed by atoms with E-state index in [9.17, 15) is 4.79 Å². The van der Waals surface area contributed by atoms with Crippen LogP contribution in [0.2, 0.25) is 0 Å². The fourth-order valence-electron chi connectivity index (χ4n) is 2.57. The Bertz CT molecular complexity index is 153. The topological polar surface area (TPSA) is 20.3 Å². The molecule has 2 fully saturated rings. The molecule has 1 saturated heterocycles. The van der Waals surface area contributed by atoms with Gasteiger partial charge >= 0.3 is 0 Å². The summed E-state index contributed by atoms with van der Waals surface area (Å²) in [4.78, 5) is 12.1. The number of carbonyl (C=O) groups is 1. The van der Waals surface area contributed by atoms with Crippen LogP contribution >= 0.6 is 0 Å². The number of amides is 1. The lowest BCUT2D eigenvalue weighted by Crippen LogP contribution is -2.61. The summed E-state index contributed by atoms with van der Waals surface area (Å²) in [6.45, 7) is 4.34. The van der Waals surface area contributed by atoms with E-state index in [1.54, 1.807) is 0 Å². The summed E-state index contributed by atoms with van der Waals surface area (Å²) < 4.78 is 0. The molecule has 0 radical (unpaired) electrons. The highest BCUT2D eigenvalue weighted by atomic mass is 16.1. The van der Waals surface area contributed by atoms with Crippen molar-refractivity contribution in [3.05, 3.63) is 0 Å². The molecule has 1 heterocycles. The van der Waals surface area contributed by atoms with Gasteiger partial charge in [-0.05, 0) is 18.8 Å². The molecular formula is C8H13NO. The Morgan fingerprint density at radius 1 is 1.50 bits per heavy atom. The molecule has 2 aliphatic rings. The smallest absolute Gasteiger partial charge is 0.209 e. The van der Waals surface area contributed by atoms with Gasteiger partial charge in [-0.2, -0.15) is 0 Å². The fraction of sp³-hybridized carbons (Fsp3) is 0.875. The molecule has 0 aromatic carbocycles. The van der Waals surface area contributed by atoms with E-state index in [-0.39, 0.29) is 0 Å². The third-order valence-corrected chi connectivity index (χ3v) is 2.79. The highest BCUT2D eigenvalue weighted by molar-refractivity contribution is 5.49. The predicted molar refractivity (Wildman–Crippen MR) is 38.5 cm³/mol. The predicted octanol–water partition coefficient (Wildman–Crippen LogP) is 0.875. The van der Waals surface area contributed by atoms with E-state index in [1.807, 2.05) is 4.90 Å². The molecule has 2 nitrogen and oxygen atoms in total. The lowest BCUT2D eigenvalue weighted by molar-refractivity contribution is -0.140. The minimum absolute atomic E-state index is 0.584. The summed E-state index contributed by atoms with van der Waals surface area (Å²) in [6.07, 6.45) is 3.66. The molecule has 1 aliphatic heterocycles. The summed E-state index contributed by atoms with van der Waals surface area (Å²) in [7, 11) is 0. The van der Waals surface area contributed by atoms with Crippen molar-refractivity contribution >= 4 is 6.41 Å². The van der Waals surface area contributed by atoms with Gasteiger partial charge in [0, 0.05) is 18.5 Å². The Morgan fingerprint density at radius 2 is 2.10 bits per heavy atom. The average molecular weight is 139 g/mol. The zero-order valence-corrected chi connectivity index (χ0v) is 6.34. The first-order valence-electron chi connectivity index (χ1n) is 3.93. The van der Waals surface area contributed by atoms with Crippen molar-refractivity contribution in [3.8, 4) is 0 Å². The van der Waals surface area contributed by atoms with Gasteiger partial charge in [-0.3, -0.25) is 4.79 Å². The molecule has 0 aromatic rings. The van der Waals surface area contributed by atoms with Crippen LogP contribution in [0.25, 0.3) is 0 Å². The van der Waals surface area contributed by atoms with Crippen molar-refractivity contribution in [3.63, 3.8) is 0 Å². The number of nitrogens with zero attached hydrogens (tertiary/aromatic N) is 1. The van der Waals surface area contributed by atoms with E-state index < -0.39 is 0 Å². The summed E-state index contributed by atoms with van der Waals surface area (Å²) in [5, 5.41) is 0. The molecule has 1 amide bonds. The van der Waals surface area contributed by atoms with Crippen molar-refractivity contribution in [2.45, 2.75) is 19.8 Å². The van der Waals surface area contributed by atoms with Crippen molar-refractivity contribution in [2.24, 2.45) is 11.3 Å². The molecule has 56 valence electrons. The molecule has 0 atom stereocenters. The monoisotopic (exact) mass is 139 g/mol. The van der Waals surface area contributed by atoms with Gasteiger partial charge in [0.05, 0.1) is 0 Å². The van der Waals surface area contributed by atoms with E-state index in [1.165, 1.54) is 12.8 Å². The van der Waals surface area contributed by atoms with Gasteiger partial charge in [0.2, 0.25) is 6.41 Å². The van der Waals surface area contributed by atoms with Gasteiger partial charge in [0.15, 0.2) is 0 Å². The second kappa shape index (κ2) is 1.74. The SMILES string of the molecule is CC1CC2(C1)CN(C=O)C2. The Labute approximate surface area is 61.2 Å². The van der Waals surface area contributed by atoms with Crippen LogP contribution in [-0.2, 0) is 4.79 Å². The molecule has 2 heteroatoms. The van der Waals surface area contributed by atoms with E-state index in [0.717, 1.165) is 25.4 Å². The maximum atomic E-state index is 10.2. The molecule has 2 rings (SSSR count). The lowest BCUT2D eigenvalue weighted by atomic mass is 9.58. The molecular weight excluding hydrogens is 126 g/mol. The van der Waals surface area contributed by atoms with Crippen molar-refractivity contribution in [2.75, 3.05) is 13.1 Å². The first kappa shape index (κ1) is 6.20. The van der Waals surface area contributed by atoms with Crippen LogP contribution in [0.1, 0.15) is 19.8 Å². The van der Waals surface area contributed by atoms with Crippen LogP contribution in [0.15, 0.2) is 0 Å². The van der Waals surface area contributed by atoms with Crippen molar-refractivity contribution < 1.29 is 4.79 Å². The molecule has 0 aromatic heterocycles. The van der Waals surface area contributed by atoms with E-state index in [2.05, 4.69) is 6.92 Å². The zero-order chi connectivity index (χ0) is 7.19. The Balaban J connectivity index is 1.85. The quantitative estimate of drug-likeness (QED) is 0.494. The van der Waals surface area contributed by atoms with Crippen LogP contribution in [0, 0.1) is 11.3 Å². The minimum atomic E-state index is 0.584. The third kappa shape index (κ3) is 0.678. The molecule has 0 bridgehead atoms. The van der Waals surface area contributed by atoms with Gasteiger partial charge in [-0.15, -0.1) is 0 Å². The Hall–Kier alpha value is -0.530. The summed E-state index contributed by atoms with van der Waals surface area (Å²) in [6, 6.07) is 0. The first-order chi connectivity index (χ1) is 4.74. The number of rotatable bonds is 1. The summed E-state index contributed by atoms with van der Waals surface area (Å²) in [5.74, 6) is 0.911. The number of carbonyl (C=O) groups excluding carboxylic acids is 1. The molecule has 1 spiro atoms. The van der Waals surface area contributed by atoms with E-state index in [0.29, 0.717) is 5.41 Å². The van der Waals surface area contributed by atoms with Crippen LogP contribution in [0.5, 0.6) is 0 Å². The van der Waals surface area contributed by atoms with Crippen LogP contribution in [0.4, 0.5) is 0 Å². The largest absolute Gasteiger partial charge is 0.344 e. The summed E-state index contributed by atoms with van der Waals surface area (Å²) in [5.41, 5.74) is 0.584. The zero-order valence-electron chi connectivity index (χ0n) is 6.34. The van der Waals surface area contributed by atoms with Gasteiger partial charge in [0.1, 0.15) is 0 Å². The maximum Gasteiger partial charge on any atom is 0.209 e. The standard InChI is InChI=1S/C8H13NO/c1-7-2-8(3-7)4-9(5-8)6-10/h6-7H,2-5H2,1H3. The number of hydrogen-bond acceptors (Lipinski definition) is 1. The Morgan fingerprint density at radius 3 is 2.50 bits per heavy atom. The van der Waals surface area contributed by atoms with Gasteiger partial charge in [0.25, 0.3) is 0 Å². The normalized spacial score (nSPS) is 29.5. The molecule has 0 N–H and O–H groups in total. The highest BCUT2D eigenvalue weighted by Crippen LogP contribution is 2.50. The van der Waals surface area contributed by atoms with Crippen LogP contribution in [0.3, 0.4) is 0 Å². The third-order valence-electron chi connectivity index (χ3n) is 2.79.